The number of carbonyl (C=O) groups excluding carboxylic acids is 1. The number of rotatable bonds is 4. The summed E-state index contributed by atoms with van der Waals surface area (Å²) in [6.45, 7) is 4.57. The van der Waals surface area contributed by atoms with E-state index in [4.69, 9.17) is 4.89 Å². The predicted molar refractivity (Wildman–Crippen MR) is 35.6 cm³/mol. The van der Waals surface area contributed by atoms with Gasteiger partial charge in [0.25, 0.3) is 0 Å². The van der Waals surface area contributed by atoms with E-state index in [0.29, 0.717) is 0 Å². The molecule has 0 rings (SSSR count). The lowest BCUT2D eigenvalue weighted by atomic mass is 10.3. The topological polar surface area (TPSA) is 63.6 Å². The fraction of sp³-hybridized carbons (Fsp3) is 0.400. The molecule has 0 heterocycles. The Bertz CT molecular complexity index is 165. The Labute approximate surface area is 59.5 Å². The van der Waals surface area contributed by atoms with Crippen molar-refractivity contribution in [2.45, 2.75) is 13.0 Å². The van der Waals surface area contributed by atoms with E-state index in [9.17, 15) is 9.36 Å². The third-order valence-electron chi connectivity index (χ3n) is 0.850. The smallest absolute Gasteiger partial charge is 0.292 e. The fourth-order valence-corrected chi connectivity index (χ4v) is 0.728. The summed E-state index contributed by atoms with van der Waals surface area (Å²) < 4.78 is 14.2. The first-order chi connectivity index (χ1) is 4.57. The molecule has 4 nitrogen and oxygen atoms in total. The van der Waals surface area contributed by atoms with Gasteiger partial charge in [0.15, 0.2) is 11.9 Å². The van der Waals surface area contributed by atoms with Gasteiger partial charge < -0.3 is 0 Å². The van der Waals surface area contributed by atoms with Crippen LogP contribution in [0.15, 0.2) is 12.7 Å². The van der Waals surface area contributed by atoms with Crippen molar-refractivity contribution in [3.63, 3.8) is 0 Å². The Hall–Kier alpha value is -0.570. The second-order valence-corrected chi connectivity index (χ2v) is 2.28. The highest BCUT2D eigenvalue weighted by Gasteiger charge is 2.22. The molecule has 0 amide bonds. The van der Waals surface area contributed by atoms with Gasteiger partial charge in [0.2, 0.25) is 0 Å². The van der Waals surface area contributed by atoms with Gasteiger partial charge in [-0.25, -0.2) is 0 Å². The minimum absolute atomic E-state index is 0.405. The summed E-state index contributed by atoms with van der Waals surface area (Å²) in [7, 11) is -2.70. The molecule has 0 spiro atoms. The molecule has 0 saturated heterocycles. The number of carbonyl (C=O) groups is 1. The van der Waals surface area contributed by atoms with Crippen LogP contribution in [0.5, 0.6) is 0 Å². The first kappa shape index (κ1) is 9.43. The van der Waals surface area contributed by atoms with Gasteiger partial charge in [0, 0.05) is 4.57 Å². The maximum absolute atomic E-state index is 10.6. The molecule has 0 bridgehead atoms. The Morgan fingerprint density at radius 2 is 2.40 bits per heavy atom. The van der Waals surface area contributed by atoms with Crippen molar-refractivity contribution in [1.82, 2.24) is 0 Å². The second kappa shape index (κ2) is 4.28. The number of ketones is 1. The van der Waals surface area contributed by atoms with Crippen molar-refractivity contribution < 1.29 is 18.8 Å². The Balaban J connectivity index is 3.84. The third kappa shape index (κ3) is 3.45. The molecule has 0 fully saturated rings. The van der Waals surface area contributed by atoms with Gasteiger partial charge in [0.05, 0.1) is 0 Å². The lowest BCUT2D eigenvalue weighted by molar-refractivity contribution is -0.120. The lowest BCUT2D eigenvalue weighted by Crippen LogP contribution is -2.14. The lowest BCUT2D eigenvalue weighted by Gasteiger charge is -1.94. The third-order valence-corrected chi connectivity index (χ3v) is 1.35. The molecule has 0 aliphatic rings. The van der Waals surface area contributed by atoms with Crippen molar-refractivity contribution >= 4 is 14.0 Å². The maximum atomic E-state index is 10.6. The van der Waals surface area contributed by atoms with E-state index in [1.54, 1.807) is 0 Å². The van der Waals surface area contributed by atoms with Gasteiger partial charge >= 0.3 is 8.25 Å². The molecule has 0 aliphatic heterocycles. The molecule has 0 saturated carbocycles. The van der Waals surface area contributed by atoms with Gasteiger partial charge in [0.1, 0.15) is 0 Å². The van der Waals surface area contributed by atoms with E-state index in [-0.39, 0.29) is 0 Å². The van der Waals surface area contributed by atoms with Gasteiger partial charge in [-0.1, -0.05) is 6.58 Å². The van der Waals surface area contributed by atoms with Gasteiger partial charge in [-0.15, -0.1) is 9.42 Å². The van der Waals surface area contributed by atoms with Crippen molar-refractivity contribution in [3.8, 4) is 0 Å². The Kier molecular flexibility index (Phi) is 4.03. The molecule has 2 atom stereocenters. The van der Waals surface area contributed by atoms with Crippen LogP contribution in [-0.2, 0) is 13.9 Å². The average Bonchev–Trinajstić information content (AvgIpc) is 1.85. The molecule has 0 aromatic carbocycles. The molecule has 10 heavy (non-hydrogen) atoms. The van der Waals surface area contributed by atoms with E-state index in [1.165, 1.54) is 6.92 Å². The maximum Gasteiger partial charge on any atom is 0.695 e. The van der Waals surface area contributed by atoms with E-state index in [2.05, 4.69) is 11.1 Å². The van der Waals surface area contributed by atoms with E-state index in [0.717, 1.165) is 6.08 Å². The van der Waals surface area contributed by atoms with E-state index < -0.39 is 20.1 Å². The largest absolute Gasteiger partial charge is 0.695 e. The Morgan fingerprint density at radius 1 is 1.90 bits per heavy atom. The quantitative estimate of drug-likeness (QED) is 0.491. The van der Waals surface area contributed by atoms with Crippen molar-refractivity contribution in [2.75, 3.05) is 0 Å². The summed E-state index contributed by atoms with van der Waals surface area (Å²) >= 11 is 0. The molecule has 2 unspecified atom stereocenters. The first-order valence-electron chi connectivity index (χ1n) is 2.57. The van der Waals surface area contributed by atoms with Gasteiger partial charge in [-0.05, 0) is 13.0 Å². The molecule has 0 aromatic heterocycles. The summed E-state index contributed by atoms with van der Waals surface area (Å²) in [6.07, 6.45) is 0.162. The van der Waals surface area contributed by atoms with Crippen LogP contribution in [0.3, 0.4) is 0 Å². The Morgan fingerprint density at radius 3 is 2.70 bits per heavy atom. The van der Waals surface area contributed by atoms with Crippen LogP contribution in [-0.4, -0.2) is 16.8 Å². The standard InChI is InChI=1S/C5H7O4P/c1-3-5(6)4(2)9-10(7)8/h3-4H,1H2,2H3/p+1. The molecular weight excluding hydrogens is 155 g/mol. The highest BCUT2D eigenvalue weighted by molar-refractivity contribution is 7.32. The summed E-state index contributed by atoms with van der Waals surface area (Å²) in [6, 6.07) is 0. The molecular formula is C5H8O4P+. The molecule has 0 aliphatic carbocycles. The summed E-state index contributed by atoms with van der Waals surface area (Å²) in [4.78, 5) is 18.7. The van der Waals surface area contributed by atoms with Gasteiger partial charge in [-0.3, -0.25) is 4.79 Å². The van der Waals surface area contributed by atoms with Gasteiger partial charge in [-0.2, -0.15) is 0 Å². The van der Waals surface area contributed by atoms with E-state index >= 15 is 0 Å². The zero-order valence-corrected chi connectivity index (χ0v) is 6.38. The van der Waals surface area contributed by atoms with Crippen LogP contribution in [0.4, 0.5) is 0 Å². The SMILES string of the molecule is C=CC(=O)C(C)O[P+](=O)O. The van der Waals surface area contributed by atoms with E-state index in [1.807, 2.05) is 0 Å². The van der Waals surface area contributed by atoms with Crippen molar-refractivity contribution in [2.24, 2.45) is 0 Å². The summed E-state index contributed by atoms with van der Waals surface area (Å²) in [5.74, 6) is -0.405. The van der Waals surface area contributed by atoms with Crippen molar-refractivity contribution in [3.05, 3.63) is 12.7 Å². The highest BCUT2D eigenvalue weighted by atomic mass is 31.1. The molecule has 5 heteroatoms. The summed E-state index contributed by atoms with van der Waals surface area (Å²) in [5, 5.41) is 0. The first-order valence-corrected chi connectivity index (χ1v) is 3.70. The zero-order valence-electron chi connectivity index (χ0n) is 5.48. The molecule has 0 aromatic rings. The minimum atomic E-state index is -2.70. The molecule has 56 valence electrons. The van der Waals surface area contributed by atoms with Crippen LogP contribution in [0.2, 0.25) is 0 Å². The average molecular weight is 163 g/mol. The van der Waals surface area contributed by atoms with Crippen LogP contribution in [0.25, 0.3) is 0 Å². The zero-order chi connectivity index (χ0) is 8.15. The molecule has 1 N–H and O–H groups in total. The number of hydrogen-bond donors (Lipinski definition) is 1. The number of hydrogen-bond acceptors (Lipinski definition) is 3. The summed E-state index contributed by atoms with van der Waals surface area (Å²) in [5.41, 5.74) is 0. The van der Waals surface area contributed by atoms with Crippen molar-refractivity contribution in [1.29, 1.82) is 0 Å². The van der Waals surface area contributed by atoms with Crippen LogP contribution < -0.4 is 0 Å². The van der Waals surface area contributed by atoms with Crippen LogP contribution in [0, 0.1) is 0 Å². The second-order valence-electron chi connectivity index (χ2n) is 1.59. The monoisotopic (exact) mass is 163 g/mol. The van der Waals surface area contributed by atoms with Crippen LogP contribution >= 0.6 is 8.25 Å². The predicted octanol–water partition coefficient (Wildman–Crippen LogP) is 0.796. The normalized spacial score (nSPS) is 14.0. The molecule has 0 radical (unpaired) electrons. The highest BCUT2D eigenvalue weighted by Crippen LogP contribution is 2.17. The fourth-order valence-electron chi connectivity index (χ4n) is 0.353. The minimum Gasteiger partial charge on any atom is -0.292 e. The van der Waals surface area contributed by atoms with Crippen LogP contribution in [0.1, 0.15) is 6.92 Å².